The molecule has 0 aliphatic rings. The zero-order valence-electron chi connectivity index (χ0n) is 16.8. The Hall–Kier alpha value is -3.59. The maximum Gasteiger partial charge on any atom is 0.265 e. The van der Waals surface area contributed by atoms with Crippen LogP contribution in [0.4, 0.5) is 15.8 Å². The van der Waals surface area contributed by atoms with Crippen molar-refractivity contribution in [2.24, 2.45) is 0 Å². The Labute approximate surface area is 179 Å². The summed E-state index contributed by atoms with van der Waals surface area (Å²) in [5.74, 6) is -0.183. The van der Waals surface area contributed by atoms with E-state index in [0.717, 1.165) is 6.07 Å². The summed E-state index contributed by atoms with van der Waals surface area (Å²) in [5, 5.41) is 2.66. The van der Waals surface area contributed by atoms with E-state index < -0.39 is 27.9 Å². The van der Waals surface area contributed by atoms with Gasteiger partial charge in [-0.05, 0) is 55.5 Å². The predicted molar refractivity (Wildman–Crippen MR) is 115 cm³/mol. The van der Waals surface area contributed by atoms with Crippen molar-refractivity contribution in [2.75, 3.05) is 17.1 Å². The molecule has 0 spiro atoms. The van der Waals surface area contributed by atoms with E-state index in [0.29, 0.717) is 17.2 Å². The van der Waals surface area contributed by atoms with Gasteiger partial charge in [0, 0.05) is 5.69 Å². The minimum absolute atomic E-state index is 0.0768. The van der Waals surface area contributed by atoms with Gasteiger partial charge in [-0.3, -0.25) is 9.52 Å². The third kappa shape index (κ3) is 5.52. The average Bonchev–Trinajstić information content (AvgIpc) is 2.76. The highest BCUT2D eigenvalue weighted by atomic mass is 32.2. The number of sulfonamides is 1. The number of halogens is 1. The SMILES string of the molecule is COc1ccccc1O[C@H](C)C(=O)Nc1ccc(S(=O)(=O)Nc2ccccc2F)cc1. The number of rotatable bonds is 8. The van der Waals surface area contributed by atoms with Crippen LogP contribution in [-0.4, -0.2) is 27.5 Å². The van der Waals surface area contributed by atoms with Gasteiger partial charge in [-0.15, -0.1) is 0 Å². The highest BCUT2D eigenvalue weighted by molar-refractivity contribution is 7.92. The van der Waals surface area contributed by atoms with E-state index in [2.05, 4.69) is 10.0 Å². The van der Waals surface area contributed by atoms with Crippen LogP contribution in [0.2, 0.25) is 0 Å². The summed E-state index contributed by atoms with van der Waals surface area (Å²) in [6.45, 7) is 1.58. The van der Waals surface area contributed by atoms with Gasteiger partial charge in [0.05, 0.1) is 17.7 Å². The van der Waals surface area contributed by atoms with Gasteiger partial charge in [-0.2, -0.15) is 0 Å². The van der Waals surface area contributed by atoms with Gasteiger partial charge in [0.25, 0.3) is 15.9 Å². The number of para-hydroxylation sites is 3. The lowest BCUT2D eigenvalue weighted by molar-refractivity contribution is -0.122. The number of nitrogens with one attached hydrogen (secondary N) is 2. The van der Waals surface area contributed by atoms with Crippen molar-refractivity contribution >= 4 is 27.3 Å². The first-order chi connectivity index (χ1) is 14.8. The molecule has 0 saturated heterocycles. The minimum atomic E-state index is -3.99. The van der Waals surface area contributed by atoms with Crippen LogP contribution in [0.5, 0.6) is 11.5 Å². The van der Waals surface area contributed by atoms with Gasteiger partial charge in [0.15, 0.2) is 17.6 Å². The molecule has 0 aromatic heterocycles. The van der Waals surface area contributed by atoms with Gasteiger partial charge in [-0.25, -0.2) is 12.8 Å². The molecule has 0 aliphatic carbocycles. The number of carbonyl (C=O) groups is 1. The fourth-order valence-corrected chi connectivity index (χ4v) is 3.74. The monoisotopic (exact) mass is 444 g/mol. The molecule has 3 rings (SSSR count). The van der Waals surface area contributed by atoms with Crippen molar-refractivity contribution in [3.63, 3.8) is 0 Å². The van der Waals surface area contributed by atoms with E-state index in [4.69, 9.17) is 9.47 Å². The molecule has 0 bridgehead atoms. The Morgan fingerprint density at radius 3 is 2.19 bits per heavy atom. The first-order valence-corrected chi connectivity index (χ1v) is 10.8. The van der Waals surface area contributed by atoms with Crippen LogP contribution in [0.25, 0.3) is 0 Å². The highest BCUT2D eigenvalue weighted by Crippen LogP contribution is 2.27. The van der Waals surface area contributed by atoms with Gasteiger partial charge >= 0.3 is 0 Å². The van der Waals surface area contributed by atoms with Crippen LogP contribution in [0.15, 0.2) is 77.7 Å². The summed E-state index contributed by atoms with van der Waals surface area (Å²) >= 11 is 0. The second-order valence-corrected chi connectivity index (χ2v) is 8.19. The maximum atomic E-state index is 13.7. The van der Waals surface area contributed by atoms with Crippen molar-refractivity contribution in [3.05, 3.63) is 78.6 Å². The zero-order valence-corrected chi connectivity index (χ0v) is 17.6. The van der Waals surface area contributed by atoms with Crippen LogP contribution < -0.4 is 19.5 Å². The highest BCUT2D eigenvalue weighted by Gasteiger charge is 2.19. The Balaban J connectivity index is 1.65. The standard InChI is InChI=1S/C22H21FN2O5S/c1-15(30-21-10-6-5-9-20(21)29-2)22(26)24-16-11-13-17(14-12-16)31(27,28)25-19-8-4-3-7-18(19)23/h3-15,25H,1-2H3,(H,24,26)/t15-/m1/s1. The first-order valence-electron chi connectivity index (χ1n) is 9.28. The molecule has 0 fully saturated rings. The van der Waals surface area contributed by atoms with Crippen molar-refractivity contribution in [2.45, 2.75) is 17.9 Å². The van der Waals surface area contributed by atoms with Crippen molar-refractivity contribution in [1.29, 1.82) is 0 Å². The first kappa shape index (κ1) is 22.1. The molecule has 31 heavy (non-hydrogen) atoms. The molecule has 1 atom stereocenters. The molecule has 0 aliphatic heterocycles. The number of carbonyl (C=O) groups excluding carboxylic acids is 1. The summed E-state index contributed by atoms with van der Waals surface area (Å²) in [5.41, 5.74) is 0.229. The molecule has 1 amide bonds. The molecule has 7 nitrogen and oxygen atoms in total. The van der Waals surface area contributed by atoms with Crippen LogP contribution in [-0.2, 0) is 14.8 Å². The molecular weight excluding hydrogens is 423 g/mol. The van der Waals surface area contributed by atoms with E-state index in [1.54, 1.807) is 31.2 Å². The maximum absolute atomic E-state index is 13.7. The normalized spacial score (nSPS) is 12.0. The second-order valence-electron chi connectivity index (χ2n) is 6.51. The van der Waals surface area contributed by atoms with Crippen molar-refractivity contribution in [1.82, 2.24) is 0 Å². The zero-order chi connectivity index (χ0) is 22.4. The van der Waals surface area contributed by atoms with Crippen molar-refractivity contribution in [3.8, 4) is 11.5 Å². The van der Waals surface area contributed by atoms with Gasteiger partial charge in [0.2, 0.25) is 0 Å². The Kier molecular flexibility index (Phi) is 6.76. The smallest absolute Gasteiger partial charge is 0.265 e. The predicted octanol–water partition coefficient (Wildman–Crippen LogP) is 4.04. The molecule has 9 heteroatoms. The lowest BCUT2D eigenvalue weighted by Gasteiger charge is -2.16. The summed E-state index contributed by atoms with van der Waals surface area (Å²) in [7, 11) is -2.48. The Morgan fingerprint density at radius 1 is 0.935 bits per heavy atom. The second kappa shape index (κ2) is 9.48. The molecule has 0 unspecified atom stereocenters. The molecule has 2 N–H and O–H groups in total. The Bertz CT molecular complexity index is 1170. The van der Waals surface area contributed by atoms with Crippen LogP contribution >= 0.6 is 0 Å². The summed E-state index contributed by atoms with van der Waals surface area (Å²) in [6.07, 6.45) is -0.831. The summed E-state index contributed by atoms with van der Waals surface area (Å²) < 4.78 is 51.7. The molecule has 162 valence electrons. The van der Waals surface area contributed by atoms with Gasteiger partial charge in [0.1, 0.15) is 5.82 Å². The van der Waals surface area contributed by atoms with E-state index in [1.807, 2.05) is 0 Å². The topological polar surface area (TPSA) is 93.7 Å². The summed E-state index contributed by atoms with van der Waals surface area (Å²) in [6, 6.07) is 17.9. The largest absolute Gasteiger partial charge is 0.493 e. The molecule has 3 aromatic rings. The minimum Gasteiger partial charge on any atom is -0.493 e. The van der Waals surface area contributed by atoms with Gasteiger partial charge < -0.3 is 14.8 Å². The number of benzene rings is 3. The number of hydrogen-bond acceptors (Lipinski definition) is 5. The molecular formula is C22H21FN2O5S. The van der Waals surface area contributed by atoms with Gasteiger partial charge in [-0.1, -0.05) is 24.3 Å². The summed E-state index contributed by atoms with van der Waals surface area (Å²) in [4.78, 5) is 12.4. The van der Waals surface area contributed by atoms with E-state index in [9.17, 15) is 17.6 Å². The van der Waals surface area contributed by atoms with Crippen molar-refractivity contribution < 1.29 is 27.1 Å². The third-order valence-corrected chi connectivity index (χ3v) is 5.67. The molecule has 3 aromatic carbocycles. The van der Waals surface area contributed by atoms with E-state index in [1.165, 1.54) is 49.6 Å². The lowest BCUT2D eigenvalue weighted by atomic mass is 10.3. The molecule has 0 heterocycles. The van der Waals surface area contributed by atoms with Crippen LogP contribution in [0, 0.1) is 5.82 Å². The number of hydrogen-bond donors (Lipinski definition) is 2. The molecule has 0 saturated carbocycles. The number of amides is 1. The van der Waals surface area contributed by atoms with Crippen LogP contribution in [0.3, 0.4) is 0 Å². The number of methoxy groups -OCH3 is 1. The average molecular weight is 444 g/mol. The number of anilines is 2. The van der Waals surface area contributed by atoms with Crippen LogP contribution in [0.1, 0.15) is 6.92 Å². The number of ether oxygens (including phenoxy) is 2. The lowest BCUT2D eigenvalue weighted by Crippen LogP contribution is -2.30. The Morgan fingerprint density at radius 2 is 1.55 bits per heavy atom. The molecule has 0 radical (unpaired) electrons. The quantitative estimate of drug-likeness (QED) is 0.547. The third-order valence-electron chi connectivity index (χ3n) is 4.29. The van der Waals surface area contributed by atoms with E-state index in [-0.39, 0.29) is 10.6 Å². The fraction of sp³-hybridized carbons (Fsp3) is 0.136. The fourth-order valence-electron chi connectivity index (χ4n) is 2.67. The van der Waals surface area contributed by atoms with E-state index >= 15 is 0 Å².